The molecule has 0 bridgehead atoms. The summed E-state index contributed by atoms with van der Waals surface area (Å²) in [6.45, 7) is 1.03. The summed E-state index contributed by atoms with van der Waals surface area (Å²) in [7, 11) is 3.47. The van der Waals surface area contributed by atoms with Crippen molar-refractivity contribution in [3.05, 3.63) is 70.9 Å². The highest BCUT2D eigenvalue weighted by molar-refractivity contribution is 7.98. The van der Waals surface area contributed by atoms with Gasteiger partial charge in [0.15, 0.2) is 24.2 Å². The van der Waals surface area contributed by atoms with Crippen LogP contribution in [-0.4, -0.2) is 26.2 Å². The van der Waals surface area contributed by atoms with Gasteiger partial charge in [0.1, 0.15) is 0 Å². The van der Waals surface area contributed by atoms with E-state index in [9.17, 15) is 0 Å². The molecular weight excluding hydrogens is 390 g/mol. The molecule has 30 heavy (non-hydrogen) atoms. The summed E-state index contributed by atoms with van der Waals surface area (Å²) < 4.78 is 13.8. The molecular formula is C26H30NO2S+. The van der Waals surface area contributed by atoms with Gasteiger partial charge in [0.2, 0.25) is 5.52 Å². The minimum absolute atomic E-state index is 0.842. The van der Waals surface area contributed by atoms with Crippen molar-refractivity contribution in [3.8, 4) is 11.5 Å². The van der Waals surface area contributed by atoms with Crippen LogP contribution in [0.3, 0.4) is 0 Å². The third-order valence-corrected chi connectivity index (χ3v) is 6.55. The van der Waals surface area contributed by atoms with Crippen molar-refractivity contribution in [1.29, 1.82) is 0 Å². The first-order chi connectivity index (χ1) is 14.8. The van der Waals surface area contributed by atoms with E-state index in [1.165, 1.54) is 33.2 Å². The first-order valence-corrected chi connectivity index (χ1v) is 12.0. The van der Waals surface area contributed by atoms with E-state index in [2.05, 4.69) is 65.6 Å². The topological polar surface area (TPSA) is 22.3 Å². The summed E-state index contributed by atoms with van der Waals surface area (Å²) >= 11 is 1.88. The van der Waals surface area contributed by atoms with Crippen LogP contribution in [0.5, 0.6) is 11.5 Å². The van der Waals surface area contributed by atoms with Crippen LogP contribution < -0.4 is 14.0 Å². The molecule has 3 aromatic rings. The summed E-state index contributed by atoms with van der Waals surface area (Å²) in [5.41, 5.74) is 6.62. The molecule has 1 aliphatic rings. The van der Waals surface area contributed by atoms with Crippen LogP contribution in [0.2, 0.25) is 0 Å². The molecule has 4 heteroatoms. The number of benzene rings is 2. The van der Waals surface area contributed by atoms with Crippen molar-refractivity contribution in [2.75, 3.05) is 26.2 Å². The summed E-state index contributed by atoms with van der Waals surface area (Å²) in [5, 5.41) is 1.34. The molecule has 0 aliphatic heterocycles. The number of aromatic nitrogens is 1. The van der Waals surface area contributed by atoms with E-state index in [0.717, 1.165) is 49.5 Å². The second-order valence-electron chi connectivity index (χ2n) is 7.65. The van der Waals surface area contributed by atoms with Gasteiger partial charge in [-0.1, -0.05) is 24.3 Å². The average molecular weight is 421 g/mol. The zero-order chi connectivity index (χ0) is 20.9. The van der Waals surface area contributed by atoms with E-state index in [-0.39, 0.29) is 0 Å². The number of nitrogens with zero attached hydrogens (tertiary/aromatic N) is 1. The van der Waals surface area contributed by atoms with Crippen LogP contribution >= 0.6 is 11.8 Å². The molecule has 0 spiro atoms. The number of para-hydroxylation sites is 1. The van der Waals surface area contributed by atoms with Gasteiger partial charge in [-0.3, -0.25) is 0 Å². The lowest BCUT2D eigenvalue weighted by molar-refractivity contribution is -0.666. The first-order valence-electron chi connectivity index (χ1n) is 10.6. The Morgan fingerprint density at radius 3 is 2.73 bits per heavy atom. The number of allylic oxidation sites excluding steroid dienone is 1. The predicted molar refractivity (Wildman–Crippen MR) is 127 cm³/mol. The molecule has 4 rings (SSSR count). The molecule has 156 valence electrons. The molecule has 0 amide bonds. The van der Waals surface area contributed by atoms with Crippen LogP contribution in [0.25, 0.3) is 17.0 Å². The number of methoxy groups -OCH3 is 2. The lowest BCUT2D eigenvalue weighted by Crippen LogP contribution is -2.35. The third kappa shape index (κ3) is 4.06. The van der Waals surface area contributed by atoms with Crippen LogP contribution in [0, 0.1) is 0 Å². The number of rotatable bonds is 8. The van der Waals surface area contributed by atoms with Crippen LogP contribution in [0.15, 0.2) is 48.7 Å². The minimum atomic E-state index is 0.842. The summed E-state index contributed by atoms with van der Waals surface area (Å²) in [4.78, 5) is 0. The van der Waals surface area contributed by atoms with Gasteiger partial charge in [-0.2, -0.15) is 16.3 Å². The average Bonchev–Trinajstić information content (AvgIpc) is 2.80. The van der Waals surface area contributed by atoms with E-state index in [1.54, 1.807) is 14.2 Å². The molecule has 0 N–H and O–H groups in total. The fraction of sp³-hybridized carbons (Fsp3) is 0.346. The monoisotopic (exact) mass is 420 g/mol. The number of hydrogen-bond donors (Lipinski definition) is 0. The smallest absolute Gasteiger partial charge is 0.212 e. The Labute approximate surface area is 183 Å². The van der Waals surface area contributed by atoms with Gasteiger partial charge in [0.05, 0.1) is 20.0 Å². The second-order valence-corrected chi connectivity index (χ2v) is 8.63. The van der Waals surface area contributed by atoms with Gasteiger partial charge < -0.3 is 9.47 Å². The molecule has 0 saturated carbocycles. The number of hydrogen-bond acceptors (Lipinski definition) is 3. The minimum Gasteiger partial charge on any atom is -0.493 e. The Morgan fingerprint density at radius 1 is 1.07 bits per heavy atom. The van der Waals surface area contributed by atoms with Crippen molar-refractivity contribution in [2.45, 2.75) is 32.2 Å². The Kier molecular flexibility index (Phi) is 6.63. The van der Waals surface area contributed by atoms with Crippen LogP contribution in [0.4, 0.5) is 0 Å². The van der Waals surface area contributed by atoms with Gasteiger partial charge in [-0.05, 0) is 60.8 Å². The van der Waals surface area contributed by atoms with Crippen LogP contribution in [0.1, 0.15) is 28.7 Å². The van der Waals surface area contributed by atoms with Gasteiger partial charge in [-0.15, -0.1) is 0 Å². The standard InChI is InChI=1S/C26H30NO2S/c1-28-25-18-20-8-4-5-9-21(20)23(26(25)29-2)13-12-19-14-15-27(16-17-30-3)24-11-7-6-10-22(19)24/h5-7,9-11,14-15,18H,4,8,12-13,16-17H2,1-3H3/q+1. The summed E-state index contributed by atoms with van der Waals surface area (Å²) in [6, 6.07) is 13.2. The van der Waals surface area contributed by atoms with Gasteiger partial charge >= 0.3 is 0 Å². The maximum Gasteiger partial charge on any atom is 0.212 e. The van der Waals surface area contributed by atoms with E-state index in [1.807, 2.05) is 11.8 Å². The molecule has 0 atom stereocenters. The molecule has 2 aromatic carbocycles. The van der Waals surface area contributed by atoms with E-state index in [0.29, 0.717) is 0 Å². The SMILES string of the molecule is COc1cc2c(c(CCc3cc[n+](CCSC)c4ccccc34)c1OC)C=CCC2. The molecule has 1 heterocycles. The van der Waals surface area contributed by atoms with Crippen molar-refractivity contribution >= 4 is 28.7 Å². The lowest BCUT2D eigenvalue weighted by atomic mass is 9.89. The largest absolute Gasteiger partial charge is 0.493 e. The molecule has 1 aromatic heterocycles. The Balaban J connectivity index is 1.71. The Bertz CT molecular complexity index is 1070. The normalized spacial score (nSPS) is 12.8. The van der Waals surface area contributed by atoms with Crippen molar-refractivity contribution in [3.63, 3.8) is 0 Å². The van der Waals surface area contributed by atoms with Gasteiger partial charge in [-0.25, -0.2) is 0 Å². The molecule has 0 unspecified atom stereocenters. The highest BCUT2D eigenvalue weighted by Gasteiger charge is 2.20. The highest BCUT2D eigenvalue weighted by atomic mass is 32.2. The fourth-order valence-corrected chi connectivity index (χ4v) is 4.83. The molecule has 3 nitrogen and oxygen atoms in total. The maximum atomic E-state index is 5.81. The predicted octanol–water partition coefficient (Wildman–Crippen LogP) is 5.25. The third-order valence-electron chi connectivity index (χ3n) is 5.96. The number of aryl methyl sites for hydroxylation is 3. The molecule has 1 aliphatic carbocycles. The summed E-state index contributed by atoms with van der Waals surface area (Å²) in [6.07, 6.45) is 13.0. The number of pyridine rings is 1. The van der Waals surface area contributed by atoms with Gasteiger partial charge in [0.25, 0.3) is 0 Å². The second kappa shape index (κ2) is 9.57. The Morgan fingerprint density at radius 2 is 1.93 bits per heavy atom. The molecule has 0 radical (unpaired) electrons. The van der Waals surface area contributed by atoms with Crippen molar-refractivity contribution < 1.29 is 14.0 Å². The van der Waals surface area contributed by atoms with E-state index >= 15 is 0 Å². The zero-order valence-corrected chi connectivity index (χ0v) is 18.9. The zero-order valence-electron chi connectivity index (χ0n) is 18.1. The van der Waals surface area contributed by atoms with E-state index in [4.69, 9.17) is 9.47 Å². The van der Waals surface area contributed by atoms with Gasteiger partial charge in [0, 0.05) is 23.1 Å². The van der Waals surface area contributed by atoms with E-state index < -0.39 is 0 Å². The van der Waals surface area contributed by atoms with Crippen molar-refractivity contribution in [1.82, 2.24) is 0 Å². The summed E-state index contributed by atoms with van der Waals surface area (Å²) in [5.74, 6) is 2.83. The van der Waals surface area contributed by atoms with Crippen LogP contribution in [-0.2, 0) is 25.8 Å². The fourth-order valence-electron chi connectivity index (χ4n) is 4.45. The quantitative estimate of drug-likeness (QED) is 0.465. The molecule has 0 fully saturated rings. The van der Waals surface area contributed by atoms with Crippen molar-refractivity contribution in [2.24, 2.45) is 0 Å². The number of ether oxygens (including phenoxy) is 2. The number of fused-ring (bicyclic) bond motifs is 2. The number of thioether (sulfide) groups is 1. The Hall–Kier alpha value is -2.46. The highest BCUT2D eigenvalue weighted by Crippen LogP contribution is 2.39. The lowest BCUT2D eigenvalue weighted by Gasteiger charge is -2.21. The molecule has 0 saturated heterocycles. The first kappa shape index (κ1) is 20.8. The maximum absolute atomic E-state index is 5.81.